The fourth-order valence-electron chi connectivity index (χ4n) is 3.78. The zero-order chi connectivity index (χ0) is 22.8. The van der Waals surface area contributed by atoms with Crippen molar-refractivity contribution in [1.82, 2.24) is 10.2 Å². The Hall–Kier alpha value is -2.76. The molecule has 0 aromatic heterocycles. The van der Waals surface area contributed by atoms with Crippen LogP contribution in [0.15, 0.2) is 42.5 Å². The van der Waals surface area contributed by atoms with Gasteiger partial charge in [0.1, 0.15) is 11.6 Å². The molecular weight excluding hydrogens is 398 g/mol. The minimum absolute atomic E-state index is 0.00328. The van der Waals surface area contributed by atoms with Crippen LogP contribution in [0.3, 0.4) is 0 Å². The molecule has 1 aliphatic heterocycles. The Labute approximate surface area is 182 Å². The van der Waals surface area contributed by atoms with Crippen molar-refractivity contribution in [2.75, 3.05) is 13.1 Å². The van der Waals surface area contributed by atoms with Crippen molar-refractivity contribution < 1.29 is 18.4 Å². The van der Waals surface area contributed by atoms with Gasteiger partial charge in [0, 0.05) is 42.2 Å². The van der Waals surface area contributed by atoms with E-state index in [4.69, 9.17) is 0 Å². The molecule has 0 aliphatic carbocycles. The fourth-order valence-corrected chi connectivity index (χ4v) is 3.78. The Kier molecular flexibility index (Phi) is 6.48. The van der Waals surface area contributed by atoms with E-state index >= 15 is 0 Å². The van der Waals surface area contributed by atoms with E-state index in [9.17, 15) is 18.4 Å². The minimum Gasteiger partial charge on any atom is -0.351 e. The van der Waals surface area contributed by atoms with Gasteiger partial charge in [-0.3, -0.25) is 9.59 Å². The molecule has 0 radical (unpaired) electrons. The first-order valence-electron chi connectivity index (χ1n) is 10.6. The smallest absolute Gasteiger partial charge is 0.253 e. The summed E-state index contributed by atoms with van der Waals surface area (Å²) in [5, 5.41) is 2.76. The summed E-state index contributed by atoms with van der Waals surface area (Å²) in [7, 11) is 0. The molecule has 3 rings (SSSR count). The number of halogens is 2. The van der Waals surface area contributed by atoms with Crippen molar-refractivity contribution in [1.29, 1.82) is 0 Å². The van der Waals surface area contributed by atoms with E-state index in [-0.39, 0.29) is 29.3 Å². The molecule has 2 amide bonds. The maximum Gasteiger partial charge on any atom is 0.253 e. The molecule has 1 saturated heterocycles. The second kappa shape index (κ2) is 8.77. The standard InChI is InChI=1S/C25H30F2N2O2/c1-24(2,3)19-8-5-17(6-9-19)22(30)29-13-11-25(4,12-14-29)23(31)28-16-18-7-10-20(26)15-21(18)27/h5-10,15H,11-14,16H2,1-4H3,(H,28,31). The molecular formula is C25H30F2N2O2. The molecule has 6 heteroatoms. The van der Waals surface area contributed by atoms with E-state index < -0.39 is 17.0 Å². The number of rotatable bonds is 4. The second-order valence-corrected chi connectivity index (χ2v) is 9.60. The highest BCUT2D eigenvalue weighted by Crippen LogP contribution is 2.32. The molecule has 1 heterocycles. The number of carbonyl (C=O) groups is 2. The third-order valence-corrected chi connectivity index (χ3v) is 6.15. The third kappa shape index (κ3) is 5.30. The molecule has 166 valence electrons. The molecule has 1 fully saturated rings. The van der Waals surface area contributed by atoms with Crippen molar-refractivity contribution in [2.24, 2.45) is 5.41 Å². The Morgan fingerprint density at radius 2 is 1.65 bits per heavy atom. The van der Waals surface area contributed by atoms with E-state index in [1.54, 1.807) is 4.90 Å². The first kappa shape index (κ1) is 22.9. The van der Waals surface area contributed by atoms with Crippen molar-refractivity contribution in [3.8, 4) is 0 Å². The van der Waals surface area contributed by atoms with Crippen molar-refractivity contribution in [3.63, 3.8) is 0 Å². The maximum absolute atomic E-state index is 13.8. The van der Waals surface area contributed by atoms with Crippen LogP contribution >= 0.6 is 0 Å². The van der Waals surface area contributed by atoms with Gasteiger partial charge in [0.25, 0.3) is 5.91 Å². The molecule has 1 N–H and O–H groups in total. The van der Waals surface area contributed by atoms with Crippen LogP contribution in [-0.2, 0) is 16.8 Å². The summed E-state index contributed by atoms with van der Waals surface area (Å²) in [6.45, 7) is 9.22. The molecule has 0 bridgehead atoms. The highest BCUT2D eigenvalue weighted by molar-refractivity contribution is 5.94. The zero-order valence-electron chi connectivity index (χ0n) is 18.6. The lowest BCUT2D eigenvalue weighted by Gasteiger charge is -2.38. The molecule has 31 heavy (non-hydrogen) atoms. The van der Waals surface area contributed by atoms with Crippen LogP contribution in [0.2, 0.25) is 0 Å². The first-order chi connectivity index (χ1) is 14.5. The van der Waals surface area contributed by atoms with Gasteiger partial charge in [0.05, 0.1) is 0 Å². The average molecular weight is 429 g/mol. The Morgan fingerprint density at radius 3 is 2.19 bits per heavy atom. The number of hydrogen-bond acceptors (Lipinski definition) is 2. The van der Waals surface area contributed by atoms with Gasteiger partial charge in [-0.15, -0.1) is 0 Å². The van der Waals surface area contributed by atoms with Gasteiger partial charge in [-0.05, 0) is 42.0 Å². The van der Waals surface area contributed by atoms with E-state index in [0.717, 1.165) is 6.07 Å². The SMILES string of the molecule is CC1(C(=O)NCc2ccc(F)cc2F)CCN(C(=O)c2ccc(C(C)(C)C)cc2)CC1. The van der Waals surface area contributed by atoms with E-state index in [1.807, 2.05) is 31.2 Å². The molecule has 0 spiro atoms. The van der Waals surface area contributed by atoms with Crippen LogP contribution in [0.5, 0.6) is 0 Å². The summed E-state index contributed by atoms with van der Waals surface area (Å²) in [4.78, 5) is 27.4. The summed E-state index contributed by atoms with van der Waals surface area (Å²) in [5.74, 6) is -1.54. The third-order valence-electron chi connectivity index (χ3n) is 6.15. The monoisotopic (exact) mass is 428 g/mol. The number of hydrogen-bond donors (Lipinski definition) is 1. The summed E-state index contributed by atoms with van der Waals surface area (Å²) < 4.78 is 26.8. The lowest BCUT2D eigenvalue weighted by molar-refractivity contribution is -0.132. The number of piperidine rings is 1. The van der Waals surface area contributed by atoms with E-state index in [0.29, 0.717) is 31.5 Å². The van der Waals surface area contributed by atoms with E-state index in [1.165, 1.54) is 17.7 Å². The summed E-state index contributed by atoms with van der Waals surface area (Å²) in [6, 6.07) is 11.0. The van der Waals surface area contributed by atoms with E-state index in [2.05, 4.69) is 26.1 Å². The largest absolute Gasteiger partial charge is 0.351 e. The number of likely N-dealkylation sites (tertiary alicyclic amines) is 1. The topological polar surface area (TPSA) is 49.4 Å². The van der Waals surface area contributed by atoms with Crippen LogP contribution < -0.4 is 5.32 Å². The molecule has 0 unspecified atom stereocenters. The summed E-state index contributed by atoms with van der Waals surface area (Å²) in [5.41, 5.74) is 1.45. The number of amides is 2. The van der Waals surface area contributed by atoms with Crippen molar-refractivity contribution >= 4 is 11.8 Å². The van der Waals surface area contributed by atoms with Crippen LogP contribution in [0.4, 0.5) is 8.78 Å². The normalized spacial score (nSPS) is 16.1. The number of carbonyl (C=O) groups excluding carboxylic acids is 2. The molecule has 2 aromatic carbocycles. The molecule has 2 aromatic rings. The molecule has 0 atom stereocenters. The van der Waals surface area contributed by atoms with Gasteiger partial charge >= 0.3 is 0 Å². The Morgan fingerprint density at radius 1 is 1.03 bits per heavy atom. The van der Waals surface area contributed by atoms with Crippen molar-refractivity contribution in [3.05, 3.63) is 70.8 Å². The van der Waals surface area contributed by atoms with Crippen LogP contribution in [-0.4, -0.2) is 29.8 Å². The number of benzene rings is 2. The zero-order valence-corrected chi connectivity index (χ0v) is 18.6. The lowest BCUT2D eigenvalue weighted by atomic mass is 9.79. The van der Waals surface area contributed by atoms with Crippen LogP contribution in [0.1, 0.15) is 62.0 Å². The maximum atomic E-state index is 13.8. The second-order valence-electron chi connectivity index (χ2n) is 9.60. The van der Waals surface area contributed by atoms with Gasteiger partial charge < -0.3 is 10.2 Å². The summed E-state index contributed by atoms with van der Waals surface area (Å²) >= 11 is 0. The first-order valence-corrected chi connectivity index (χ1v) is 10.6. The number of nitrogens with one attached hydrogen (secondary N) is 1. The molecule has 1 aliphatic rings. The van der Waals surface area contributed by atoms with Crippen molar-refractivity contribution in [2.45, 2.75) is 52.5 Å². The molecule has 0 saturated carbocycles. The van der Waals surface area contributed by atoms with Gasteiger partial charge in [0.15, 0.2) is 0 Å². The highest BCUT2D eigenvalue weighted by atomic mass is 19.1. The molecule has 4 nitrogen and oxygen atoms in total. The van der Waals surface area contributed by atoms with Crippen LogP contribution in [0.25, 0.3) is 0 Å². The van der Waals surface area contributed by atoms with Gasteiger partial charge in [-0.2, -0.15) is 0 Å². The van der Waals surface area contributed by atoms with Gasteiger partial charge in [0.2, 0.25) is 5.91 Å². The Balaban J connectivity index is 1.57. The quantitative estimate of drug-likeness (QED) is 0.759. The highest BCUT2D eigenvalue weighted by Gasteiger charge is 2.38. The van der Waals surface area contributed by atoms with Gasteiger partial charge in [-0.1, -0.05) is 45.9 Å². The fraction of sp³-hybridized carbons (Fsp3) is 0.440. The minimum atomic E-state index is -0.677. The summed E-state index contributed by atoms with van der Waals surface area (Å²) in [6.07, 6.45) is 1.05. The number of nitrogens with zero attached hydrogens (tertiary/aromatic N) is 1. The van der Waals surface area contributed by atoms with Gasteiger partial charge in [-0.25, -0.2) is 8.78 Å². The lowest BCUT2D eigenvalue weighted by Crippen LogP contribution is -2.48. The predicted molar refractivity (Wildman–Crippen MR) is 117 cm³/mol. The van der Waals surface area contributed by atoms with Crippen LogP contribution in [0, 0.1) is 17.0 Å². The Bertz CT molecular complexity index is 956. The average Bonchev–Trinajstić information content (AvgIpc) is 2.72. The predicted octanol–water partition coefficient (Wildman–Crippen LogP) is 4.82.